The number of carboxylic acids is 1. The molecule has 1 amide bonds. The number of carboxylic acid groups (broad SMARTS) is 1. The number of hydrogen-bond acceptors (Lipinski definition) is 2. The van der Waals surface area contributed by atoms with Crippen LogP contribution in [0.2, 0.25) is 10.0 Å². The van der Waals surface area contributed by atoms with Crippen molar-refractivity contribution in [2.24, 2.45) is 0 Å². The molecule has 1 unspecified atom stereocenters. The number of carbonyl (C=O) groups is 2. The van der Waals surface area contributed by atoms with E-state index in [1.54, 1.807) is 36.4 Å². The number of halogens is 2. The molecule has 0 bridgehead atoms. The second-order valence-corrected chi connectivity index (χ2v) is 6.71. The topological polar surface area (TPSA) is 66.4 Å². The minimum Gasteiger partial charge on any atom is -0.478 e. The molecular weight excluding hydrogens is 361 g/mol. The highest BCUT2D eigenvalue weighted by molar-refractivity contribution is 6.35. The molecule has 0 aliphatic carbocycles. The van der Waals surface area contributed by atoms with Gasteiger partial charge in [0.25, 0.3) is 0 Å². The van der Waals surface area contributed by atoms with E-state index in [9.17, 15) is 9.59 Å². The third-order valence-corrected chi connectivity index (χ3v) is 4.40. The van der Waals surface area contributed by atoms with Crippen LogP contribution in [0, 0.1) is 0 Å². The van der Waals surface area contributed by atoms with E-state index in [2.05, 4.69) is 5.32 Å². The number of aryl methyl sites for hydroxylation is 1. The van der Waals surface area contributed by atoms with Gasteiger partial charge >= 0.3 is 5.97 Å². The molecule has 4 nitrogen and oxygen atoms in total. The molecule has 132 valence electrons. The van der Waals surface area contributed by atoms with Crippen LogP contribution in [-0.4, -0.2) is 23.0 Å². The highest BCUT2D eigenvalue weighted by Crippen LogP contribution is 2.22. The largest absolute Gasteiger partial charge is 0.478 e. The number of amides is 1. The minimum atomic E-state index is -0.984. The van der Waals surface area contributed by atoms with E-state index in [0.717, 1.165) is 5.56 Å². The van der Waals surface area contributed by atoms with Crippen molar-refractivity contribution < 1.29 is 14.7 Å². The highest BCUT2D eigenvalue weighted by atomic mass is 35.5. The second kappa shape index (κ2) is 8.88. The van der Waals surface area contributed by atoms with Crippen molar-refractivity contribution >= 4 is 35.1 Å². The Balaban J connectivity index is 1.89. The molecule has 2 aromatic carbocycles. The molecule has 0 saturated heterocycles. The first-order valence-electron chi connectivity index (χ1n) is 7.91. The highest BCUT2D eigenvalue weighted by Gasteiger charge is 2.13. The van der Waals surface area contributed by atoms with Crippen molar-refractivity contribution in [3.63, 3.8) is 0 Å². The summed E-state index contributed by atoms with van der Waals surface area (Å²) in [7, 11) is 0. The molecule has 0 fully saturated rings. The minimum absolute atomic E-state index is 0.0964. The molecule has 1 atom stereocenters. The van der Waals surface area contributed by atoms with Gasteiger partial charge in [-0.15, -0.1) is 0 Å². The Morgan fingerprint density at radius 2 is 1.84 bits per heavy atom. The van der Waals surface area contributed by atoms with Gasteiger partial charge in [0.05, 0.1) is 5.56 Å². The maximum atomic E-state index is 12.1. The van der Waals surface area contributed by atoms with Crippen molar-refractivity contribution in [3.8, 4) is 0 Å². The van der Waals surface area contributed by atoms with Crippen molar-refractivity contribution in [2.75, 3.05) is 0 Å². The molecule has 0 aliphatic heterocycles. The fraction of sp³-hybridized carbons (Fsp3) is 0.263. The Bertz CT molecular complexity index is 777. The molecule has 2 aromatic rings. The number of hydrogen-bond donors (Lipinski definition) is 2. The first kappa shape index (κ1) is 19.3. The van der Waals surface area contributed by atoms with Crippen LogP contribution in [0.3, 0.4) is 0 Å². The van der Waals surface area contributed by atoms with Crippen molar-refractivity contribution in [2.45, 2.75) is 32.2 Å². The fourth-order valence-electron chi connectivity index (χ4n) is 2.61. The van der Waals surface area contributed by atoms with E-state index >= 15 is 0 Å². The monoisotopic (exact) mass is 379 g/mol. The first-order valence-corrected chi connectivity index (χ1v) is 8.67. The summed E-state index contributed by atoms with van der Waals surface area (Å²) in [4.78, 5) is 23.3. The summed E-state index contributed by atoms with van der Waals surface area (Å²) < 4.78 is 0. The van der Waals surface area contributed by atoms with Crippen molar-refractivity contribution in [1.82, 2.24) is 5.32 Å². The zero-order chi connectivity index (χ0) is 18.4. The Labute approximate surface area is 156 Å². The lowest BCUT2D eigenvalue weighted by atomic mass is 10.0. The normalized spacial score (nSPS) is 11.8. The van der Waals surface area contributed by atoms with E-state index in [0.29, 0.717) is 28.5 Å². The van der Waals surface area contributed by atoms with Crippen LogP contribution in [0.4, 0.5) is 0 Å². The van der Waals surface area contributed by atoms with Gasteiger partial charge in [-0.25, -0.2) is 4.79 Å². The average Bonchev–Trinajstić information content (AvgIpc) is 2.55. The molecule has 0 heterocycles. The van der Waals surface area contributed by atoms with Gasteiger partial charge in [-0.3, -0.25) is 4.79 Å². The van der Waals surface area contributed by atoms with Crippen LogP contribution in [0.5, 0.6) is 0 Å². The summed E-state index contributed by atoms with van der Waals surface area (Å²) in [6, 6.07) is 11.9. The van der Waals surface area contributed by atoms with Gasteiger partial charge in [0.15, 0.2) is 0 Å². The first-order chi connectivity index (χ1) is 11.9. The van der Waals surface area contributed by atoms with E-state index in [-0.39, 0.29) is 23.9 Å². The molecule has 6 heteroatoms. The zero-order valence-corrected chi connectivity index (χ0v) is 15.3. The van der Waals surface area contributed by atoms with Gasteiger partial charge in [0, 0.05) is 22.5 Å². The summed E-state index contributed by atoms with van der Waals surface area (Å²) >= 11 is 12.0. The number of benzene rings is 2. The standard InChI is InChI=1S/C19H19Cl2NO3/c1-12(10-14-6-8-15(20)11-17(14)21)22-18(23)9-7-13-4-2-3-5-16(13)19(24)25/h2-6,8,11-12H,7,9-10H2,1H3,(H,22,23)(H,24,25). The van der Waals surface area contributed by atoms with Crippen LogP contribution in [0.25, 0.3) is 0 Å². The van der Waals surface area contributed by atoms with Gasteiger partial charge in [-0.05, 0) is 49.1 Å². The molecule has 0 saturated carbocycles. The van der Waals surface area contributed by atoms with Crippen LogP contribution in [0.1, 0.15) is 34.8 Å². The maximum Gasteiger partial charge on any atom is 0.335 e. The molecule has 2 rings (SSSR count). The number of aromatic carboxylic acids is 1. The Morgan fingerprint density at radius 3 is 2.52 bits per heavy atom. The molecule has 0 aliphatic rings. The van der Waals surface area contributed by atoms with E-state index < -0.39 is 5.97 Å². The Kier molecular flexibility index (Phi) is 6.85. The number of rotatable bonds is 7. The predicted molar refractivity (Wildman–Crippen MR) is 99.5 cm³/mol. The fourth-order valence-corrected chi connectivity index (χ4v) is 3.10. The molecule has 0 radical (unpaired) electrons. The van der Waals surface area contributed by atoms with E-state index in [1.807, 2.05) is 13.0 Å². The van der Waals surface area contributed by atoms with Crippen molar-refractivity contribution in [1.29, 1.82) is 0 Å². The molecule has 0 aromatic heterocycles. The van der Waals surface area contributed by atoms with Crippen LogP contribution >= 0.6 is 23.2 Å². The van der Waals surface area contributed by atoms with Crippen LogP contribution in [0.15, 0.2) is 42.5 Å². The van der Waals surface area contributed by atoms with Crippen molar-refractivity contribution in [3.05, 3.63) is 69.2 Å². The molecule has 2 N–H and O–H groups in total. The molecule has 0 spiro atoms. The second-order valence-electron chi connectivity index (χ2n) is 5.87. The van der Waals surface area contributed by atoms with Gasteiger partial charge in [0.2, 0.25) is 5.91 Å². The summed E-state index contributed by atoms with van der Waals surface area (Å²) in [6.45, 7) is 1.90. The SMILES string of the molecule is CC(Cc1ccc(Cl)cc1Cl)NC(=O)CCc1ccccc1C(=O)O. The van der Waals surface area contributed by atoms with E-state index in [1.165, 1.54) is 0 Å². The number of nitrogens with one attached hydrogen (secondary N) is 1. The number of carbonyl (C=O) groups excluding carboxylic acids is 1. The maximum absolute atomic E-state index is 12.1. The summed E-state index contributed by atoms with van der Waals surface area (Å²) in [6.07, 6.45) is 1.19. The average molecular weight is 380 g/mol. The van der Waals surface area contributed by atoms with Gasteiger partial charge in [-0.2, -0.15) is 0 Å². The quantitative estimate of drug-likeness (QED) is 0.750. The van der Waals surface area contributed by atoms with E-state index in [4.69, 9.17) is 28.3 Å². The lowest BCUT2D eigenvalue weighted by Crippen LogP contribution is -2.34. The third-order valence-electron chi connectivity index (χ3n) is 3.82. The lowest BCUT2D eigenvalue weighted by Gasteiger charge is -2.15. The lowest BCUT2D eigenvalue weighted by molar-refractivity contribution is -0.121. The Hall–Kier alpha value is -2.04. The van der Waals surface area contributed by atoms with Gasteiger partial charge in [-0.1, -0.05) is 47.5 Å². The Morgan fingerprint density at radius 1 is 1.12 bits per heavy atom. The molecular formula is C19H19Cl2NO3. The third kappa shape index (κ3) is 5.76. The van der Waals surface area contributed by atoms with Crippen LogP contribution in [-0.2, 0) is 17.6 Å². The zero-order valence-electron chi connectivity index (χ0n) is 13.8. The summed E-state index contributed by atoms with van der Waals surface area (Å²) in [5.41, 5.74) is 1.80. The van der Waals surface area contributed by atoms with Gasteiger partial charge in [0.1, 0.15) is 0 Å². The summed E-state index contributed by atoms with van der Waals surface area (Å²) in [5.74, 6) is -1.11. The predicted octanol–water partition coefficient (Wildman–Crippen LogP) is 4.37. The van der Waals surface area contributed by atoms with Gasteiger partial charge < -0.3 is 10.4 Å². The summed E-state index contributed by atoms with van der Waals surface area (Å²) in [5, 5.41) is 13.2. The molecule has 25 heavy (non-hydrogen) atoms. The smallest absolute Gasteiger partial charge is 0.335 e. The van der Waals surface area contributed by atoms with Crippen LogP contribution < -0.4 is 5.32 Å².